The Hall–Kier alpha value is -1.62. The van der Waals surface area contributed by atoms with Crippen LogP contribution in [0.15, 0.2) is 12.3 Å². The largest absolute Gasteiger partial charge is 0.357 e. The van der Waals surface area contributed by atoms with Gasteiger partial charge in [-0.15, -0.1) is 11.6 Å². The van der Waals surface area contributed by atoms with Crippen molar-refractivity contribution in [2.75, 3.05) is 12.9 Å². The van der Waals surface area contributed by atoms with E-state index in [0.29, 0.717) is 12.3 Å². The molecule has 0 aromatic carbocycles. The zero-order chi connectivity index (χ0) is 14.0. The quantitative estimate of drug-likeness (QED) is 0.869. The maximum absolute atomic E-state index is 11.9. The van der Waals surface area contributed by atoms with Gasteiger partial charge in [0, 0.05) is 25.5 Å². The molecule has 0 aliphatic carbocycles. The lowest BCUT2D eigenvalue weighted by molar-refractivity contribution is -0.123. The average molecular weight is 281 g/mol. The number of halogens is 1. The summed E-state index contributed by atoms with van der Waals surface area (Å²) >= 11 is 5.81. The van der Waals surface area contributed by atoms with Gasteiger partial charge >= 0.3 is 0 Å². The standard InChI is InChI=1S/C13H17ClN4O/c1-8-6-10-12(16-7-8)18(9(2)13(19)15-3)11(17-10)4-5-14/h6-7,9H,4-5H2,1-3H3,(H,15,19). The van der Waals surface area contributed by atoms with Gasteiger partial charge in [-0.1, -0.05) is 0 Å². The first-order chi connectivity index (χ1) is 9.08. The summed E-state index contributed by atoms with van der Waals surface area (Å²) < 4.78 is 1.86. The molecule has 1 N–H and O–H groups in total. The Balaban J connectivity index is 2.61. The molecule has 2 rings (SSSR count). The van der Waals surface area contributed by atoms with Crippen molar-refractivity contribution in [3.05, 3.63) is 23.7 Å². The topological polar surface area (TPSA) is 59.8 Å². The summed E-state index contributed by atoms with van der Waals surface area (Å²) in [6.07, 6.45) is 2.39. The summed E-state index contributed by atoms with van der Waals surface area (Å²) in [5.74, 6) is 1.18. The van der Waals surface area contributed by atoms with Crippen LogP contribution in [0.3, 0.4) is 0 Å². The fourth-order valence-corrected chi connectivity index (χ4v) is 2.29. The van der Waals surface area contributed by atoms with Gasteiger partial charge in [0.15, 0.2) is 5.65 Å². The first kappa shape index (κ1) is 13.8. The number of aromatic nitrogens is 3. The van der Waals surface area contributed by atoms with Crippen molar-refractivity contribution >= 4 is 28.7 Å². The van der Waals surface area contributed by atoms with Crippen LogP contribution in [0, 0.1) is 6.92 Å². The second-order valence-corrected chi connectivity index (χ2v) is 4.86. The highest BCUT2D eigenvalue weighted by molar-refractivity contribution is 6.17. The molecule has 0 radical (unpaired) electrons. The summed E-state index contributed by atoms with van der Waals surface area (Å²) in [5.41, 5.74) is 2.57. The van der Waals surface area contributed by atoms with Crippen molar-refractivity contribution in [2.45, 2.75) is 26.3 Å². The molecule has 0 fully saturated rings. The number of hydrogen-bond donors (Lipinski definition) is 1. The van der Waals surface area contributed by atoms with Crippen LogP contribution in [0.5, 0.6) is 0 Å². The Labute approximate surface area is 117 Å². The van der Waals surface area contributed by atoms with Crippen molar-refractivity contribution < 1.29 is 4.79 Å². The van der Waals surface area contributed by atoms with Crippen LogP contribution >= 0.6 is 11.6 Å². The molecule has 0 saturated heterocycles. The average Bonchev–Trinajstić information content (AvgIpc) is 2.74. The zero-order valence-corrected chi connectivity index (χ0v) is 12.0. The molecule has 2 aromatic heterocycles. The van der Waals surface area contributed by atoms with Gasteiger partial charge < -0.3 is 9.88 Å². The Morgan fingerprint density at radius 2 is 2.32 bits per heavy atom. The molecule has 1 atom stereocenters. The number of aryl methyl sites for hydroxylation is 2. The van der Waals surface area contributed by atoms with Gasteiger partial charge in [0.05, 0.1) is 0 Å². The van der Waals surface area contributed by atoms with E-state index in [1.165, 1.54) is 0 Å². The number of carbonyl (C=O) groups excluding carboxylic acids is 1. The summed E-state index contributed by atoms with van der Waals surface area (Å²) in [7, 11) is 1.62. The van der Waals surface area contributed by atoms with Gasteiger partial charge in [-0.2, -0.15) is 0 Å². The molecule has 0 bridgehead atoms. The first-order valence-corrected chi connectivity index (χ1v) is 6.73. The first-order valence-electron chi connectivity index (χ1n) is 6.19. The third kappa shape index (κ3) is 2.56. The van der Waals surface area contributed by atoms with E-state index in [9.17, 15) is 4.79 Å². The SMILES string of the molecule is CNC(=O)C(C)n1c(CCCl)nc2cc(C)cnc21. The molecular formula is C13H17ClN4O. The summed E-state index contributed by atoms with van der Waals surface area (Å²) in [6, 6.07) is 1.61. The molecular weight excluding hydrogens is 264 g/mol. The molecule has 0 saturated carbocycles. The fraction of sp³-hybridized carbons (Fsp3) is 0.462. The molecule has 0 aliphatic rings. The minimum Gasteiger partial charge on any atom is -0.357 e. The molecule has 5 nitrogen and oxygen atoms in total. The molecule has 19 heavy (non-hydrogen) atoms. The number of rotatable bonds is 4. The fourth-order valence-electron chi connectivity index (χ4n) is 2.12. The lowest BCUT2D eigenvalue weighted by Crippen LogP contribution is -2.29. The van der Waals surface area contributed by atoms with Crippen molar-refractivity contribution in [1.82, 2.24) is 19.9 Å². The van der Waals surface area contributed by atoms with E-state index in [-0.39, 0.29) is 11.9 Å². The number of likely N-dealkylation sites (N-methyl/N-ethyl adjacent to an activating group) is 1. The van der Waals surface area contributed by atoms with Crippen molar-refractivity contribution in [1.29, 1.82) is 0 Å². The maximum atomic E-state index is 11.9. The number of alkyl halides is 1. The summed E-state index contributed by atoms with van der Waals surface area (Å²) in [4.78, 5) is 20.8. The van der Waals surface area contributed by atoms with Gasteiger partial charge in [0.1, 0.15) is 17.4 Å². The highest BCUT2D eigenvalue weighted by Crippen LogP contribution is 2.21. The van der Waals surface area contributed by atoms with E-state index in [1.807, 2.05) is 24.5 Å². The molecule has 0 spiro atoms. The van der Waals surface area contributed by atoms with Crippen LogP contribution in [-0.4, -0.2) is 33.4 Å². The van der Waals surface area contributed by atoms with Crippen LogP contribution < -0.4 is 5.32 Å². The number of carbonyl (C=O) groups is 1. The predicted octanol–water partition coefficient (Wildman–Crippen LogP) is 1.83. The van der Waals surface area contributed by atoms with Crippen molar-refractivity contribution in [3.63, 3.8) is 0 Å². The Bertz CT molecular complexity index is 608. The number of amides is 1. The smallest absolute Gasteiger partial charge is 0.242 e. The van der Waals surface area contributed by atoms with Crippen LogP contribution in [0.25, 0.3) is 11.2 Å². The molecule has 2 aromatic rings. The number of nitrogens with zero attached hydrogens (tertiary/aromatic N) is 3. The highest BCUT2D eigenvalue weighted by Gasteiger charge is 2.21. The van der Waals surface area contributed by atoms with E-state index < -0.39 is 0 Å². The van der Waals surface area contributed by atoms with Crippen LogP contribution in [-0.2, 0) is 11.2 Å². The number of nitrogens with one attached hydrogen (secondary N) is 1. The van der Waals surface area contributed by atoms with Gasteiger partial charge in [0.25, 0.3) is 0 Å². The van der Waals surface area contributed by atoms with Crippen LogP contribution in [0.1, 0.15) is 24.4 Å². The zero-order valence-electron chi connectivity index (χ0n) is 11.3. The number of imidazole rings is 1. The molecule has 1 unspecified atom stereocenters. The van der Waals surface area contributed by atoms with E-state index in [0.717, 1.165) is 22.6 Å². The molecule has 0 aliphatic heterocycles. The van der Waals surface area contributed by atoms with Crippen molar-refractivity contribution in [2.24, 2.45) is 0 Å². The highest BCUT2D eigenvalue weighted by atomic mass is 35.5. The number of pyridine rings is 1. The third-order valence-corrected chi connectivity index (χ3v) is 3.26. The maximum Gasteiger partial charge on any atom is 0.242 e. The molecule has 2 heterocycles. The number of hydrogen-bond acceptors (Lipinski definition) is 3. The summed E-state index contributed by atoms with van der Waals surface area (Å²) in [5, 5.41) is 2.65. The Morgan fingerprint density at radius 1 is 1.58 bits per heavy atom. The number of fused-ring (bicyclic) bond motifs is 1. The minimum absolute atomic E-state index is 0.0718. The Kier molecular flexibility index (Phi) is 4.04. The minimum atomic E-state index is -0.358. The third-order valence-electron chi connectivity index (χ3n) is 3.07. The molecule has 1 amide bonds. The Morgan fingerprint density at radius 3 is 2.95 bits per heavy atom. The van der Waals surface area contributed by atoms with Gasteiger partial charge in [-0.3, -0.25) is 4.79 Å². The van der Waals surface area contributed by atoms with E-state index >= 15 is 0 Å². The monoisotopic (exact) mass is 280 g/mol. The summed E-state index contributed by atoms with van der Waals surface area (Å²) in [6.45, 7) is 3.80. The molecule has 102 valence electrons. The second-order valence-electron chi connectivity index (χ2n) is 4.48. The lowest BCUT2D eigenvalue weighted by Gasteiger charge is -2.15. The van der Waals surface area contributed by atoms with E-state index in [4.69, 9.17) is 11.6 Å². The predicted molar refractivity (Wildman–Crippen MR) is 75.5 cm³/mol. The molecule has 6 heteroatoms. The van der Waals surface area contributed by atoms with Gasteiger partial charge in [-0.05, 0) is 25.5 Å². The van der Waals surface area contributed by atoms with Gasteiger partial charge in [-0.25, -0.2) is 9.97 Å². The van der Waals surface area contributed by atoms with Crippen molar-refractivity contribution in [3.8, 4) is 0 Å². The van der Waals surface area contributed by atoms with Gasteiger partial charge in [0.2, 0.25) is 5.91 Å². The van der Waals surface area contributed by atoms with E-state index in [1.54, 1.807) is 13.2 Å². The normalized spacial score (nSPS) is 12.6. The second kappa shape index (κ2) is 5.57. The lowest BCUT2D eigenvalue weighted by atomic mass is 10.2. The van der Waals surface area contributed by atoms with E-state index in [2.05, 4.69) is 15.3 Å². The van der Waals surface area contributed by atoms with Crippen LogP contribution in [0.4, 0.5) is 0 Å². The van der Waals surface area contributed by atoms with Crippen LogP contribution in [0.2, 0.25) is 0 Å².